The first kappa shape index (κ1) is 23.0. The van der Waals surface area contributed by atoms with Crippen LogP contribution >= 0.6 is 0 Å². The van der Waals surface area contributed by atoms with E-state index < -0.39 is 31.0 Å². The highest BCUT2D eigenvalue weighted by Crippen LogP contribution is 2.28. The second kappa shape index (κ2) is 10.1. The van der Waals surface area contributed by atoms with Gasteiger partial charge in [0.05, 0.1) is 25.2 Å². The molecule has 0 bridgehead atoms. The van der Waals surface area contributed by atoms with Crippen LogP contribution in [0.2, 0.25) is 0 Å². The maximum Gasteiger partial charge on any atom is 0.308 e. The molecule has 3 rings (SSSR count). The lowest BCUT2D eigenvalue weighted by atomic mass is 10.0. The standard InChI is InChI=1S/C23H29NO7/c1-13(26)3-8-20-18(11-22(28)31-20)24-16-6-4-15(5-7-16)10-21-17(9-14(2)30-21)23(29)19(27)12-25/h3-9,13,18-20,23-27,29H,10-12H2,1-2H3/b8-3+. The first-order chi connectivity index (χ1) is 14.8. The van der Waals surface area contributed by atoms with Crippen molar-refractivity contribution in [2.24, 2.45) is 0 Å². The number of benzene rings is 1. The van der Waals surface area contributed by atoms with E-state index in [1.165, 1.54) is 0 Å². The van der Waals surface area contributed by atoms with Crippen molar-refractivity contribution in [3.63, 3.8) is 0 Å². The quantitative estimate of drug-likeness (QED) is 0.299. The summed E-state index contributed by atoms with van der Waals surface area (Å²) in [6, 6.07) is 8.98. The maximum atomic E-state index is 11.7. The number of carbonyl (C=O) groups is 1. The van der Waals surface area contributed by atoms with Crippen LogP contribution in [0.1, 0.15) is 42.1 Å². The molecule has 2 heterocycles. The summed E-state index contributed by atoms with van der Waals surface area (Å²) < 4.78 is 11.0. The first-order valence-electron chi connectivity index (χ1n) is 10.2. The molecule has 1 fully saturated rings. The number of cyclic esters (lactones) is 1. The number of aryl methyl sites for hydroxylation is 1. The third-order valence-corrected chi connectivity index (χ3v) is 5.14. The van der Waals surface area contributed by atoms with E-state index in [-0.39, 0.29) is 18.4 Å². The molecule has 1 saturated heterocycles. The summed E-state index contributed by atoms with van der Waals surface area (Å²) in [4.78, 5) is 11.7. The summed E-state index contributed by atoms with van der Waals surface area (Å²) in [5, 5.41) is 41.8. The molecule has 1 aromatic carbocycles. The molecule has 0 spiro atoms. The average molecular weight is 431 g/mol. The number of ether oxygens (including phenoxy) is 1. The Kier molecular flexibility index (Phi) is 7.50. The predicted molar refractivity (Wildman–Crippen MR) is 113 cm³/mol. The van der Waals surface area contributed by atoms with Gasteiger partial charge in [0.25, 0.3) is 0 Å². The average Bonchev–Trinajstić information content (AvgIpc) is 3.27. The molecule has 5 N–H and O–H groups in total. The van der Waals surface area contributed by atoms with E-state index in [2.05, 4.69) is 5.32 Å². The van der Waals surface area contributed by atoms with E-state index in [0.29, 0.717) is 23.5 Å². The van der Waals surface area contributed by atoms with Crippen LogP contribution in [0.5, 0.6) is 0 Å². The number of hydrogen-bond donors (Lipinski definition) is 5. The largest absolute Gasteiger partial charge is 0.466 e. The van der Waals surface area contributed by atoms with Crippen LogP contribution in [-0.4, -0.2) is 57.4 Å². The predicted octanol–water partition coefficient (Wildman–Crippen LogP) is 1.60. The number of esters is 1. The highest BCUT2D eigenvalue weighted by Gasteiger charge is 2.33. The van der Waals surface area contributed by atoms with E-state index in [1.54, 1.807) is 32.1 Å². The van der Waals surface area contributed by atoms with Gasteiger partial charge in [0.1, 0.15) is 29.8 Å². The van der Waals surface area contributed by atoms with Gasteiger partial charge in [0.15, 0.2) is 0 Å². The highest BCUT2D eigenvalue weighted by atomic mass is 16.6. The van der Waals surface area contributed by atoms with Crippen LogP contribution in [0.25, 0.3) is 0 Å². The molecule has 0 radical (unpaired) electrons. The van der Waals surface area contributed by atoms with Gasteiger partial charge in [-0.3, -0.25) is 4.79 Å². The molecular weight excluding hydrogens is 402 g/mol. The van der Waals surface area contributed by atoms with Crippen molar-refractivity contribution in [3.8, 4) is 0 Å². The lowest BCUT2D eigenvalue weighted by Gasteiger charge is -2.18. The molecule has 31 heavy (non-hydrogen) atoms. The molecule has 8 heteroatoms. The van der Waals surface area contributed by atoms with E-state index in [4.69, 9.17) is 14.3 Å². The van der Waals surface area contributed by atoms with Crippen LogP contribution in [-0.2, 0) is 16.0 Å². The fourth-order valence-electron chi connectivity index (χ4n) is 3.55. The van der Waals surface area contributed by atoms with Crippen molar-refractivity contribution < 1.29 is 34.4 Å². The van der Waals surface area contributed by atoms with Gasteiger partial charge in [-0.1, -0.05) is 18.2 Å². The Balaban J connectivity index is 1.68. The van der Waals surface area contributed by atoms with Gasteiger partial charge in [0, 0.05) is 17.7 Å². The molecule has 5 unspecified atom stereocenters. The molecule has 8 nitrogen and oxygen atoms in total. The topological polar surface area (TPSA) is 132 Å². The monoisotopic (exact) mass is 431 g/mol. The van der Waals surface area contributed by atoms with Gasteiger partial charge in [-0.05, 0) is 43.7 Å². The SMILES string of the molecule is Cc1cc(C(O)C(O)CO)c(Cc2ccc(NC3CC(=O)OC3/C=C/C(C)O)cc2)o1. The van der Waals surface area contributed by atoms with Crippen LogP contribution in [0.4, 0.5) is 5.69 Å². The number of carbonyl (C=O) groups excluding carboxylic acids is 1. The van der Waals surface area contributed by atoms with Crippen LogP contribution < -0.4 is 5.32 Å². The van der Waals surface area contributed by atoms with Gasteiger partial charge < -0.3 is 34.9 Å². The molecule has 0 aliphatic carbocycles. The fourth-order valence-corrected chi connectivity index (χ4v) is 3.55. The normalized spacial score (nSPS) is 21.8. The van der Waals surface area contributed by atoms with Gasteiger partial charge in [-0.25, -0.2) is 0 Å². The zero-order valence-corrected chi connectivity index (χ0v) is 17.6. The minimum absolute atomic E-state index is 0.233. The second-order valence-corrected chi connectivity index (χ2v) is 7.84. The number of furan rings is 1. The van der Waals surface area contributed by atoms with E-state index in [9.17, 15) is 20.1 Å². The van der Waals surface area contributed by atoms with Crippen molar-refractivity contribution in [1.29, 1.82) is 0 Å². The minimum Gasteiger partial charge on any atom is -0.466 e. The zero-order valence-electron chi connectivity index (χ0n) is 17.6. The first-order valence-corrected chi connectivity index (χ1v) is 10.2. The van der Waals surface area contributed by atoms with E-state index in [0.717, 1.165) is 11.3 Å². The summed E-state index contributed by atoms with van der Waals surface area (Å²) in [5.74, 6) is 0.838. The van der Waals surface area contributed by atoms with Gasteiger partial charge in [0.2, 0.25) is 0 Å². The third kappa shape index (κ3) is 5.95. The van der Waals surface area contributed by atoms with E-state index in [1.807, 2.05) is 24.3 Å². The van der Waals surface area contributed by atoms with Gasteiger partial charge in [-0.15, -0.1) is 0 Å². The molecule has 0 saturated carbocycles. The molecule has 1 aliphatic heterocycles. The molecule has 1 aliphatic rings. The van der Waals surface area contributed by atoms with Crippen molar-refractivity contribution in [2.45, 2.75) is 57.1 Å². The Bertz CT molecular complexity index is 903. The van der Waals surface area contributed by atoms with Gasteiger partial charge in [-0.2, -0.15) is 0 Å². The summed E-state index contributed by atoms with van der Waals surface area (Å²) in [5.41, 5.74) is 2.20. The molecular formula is C23H29NO7. The Hall–Kier alpha value is -2.65. The number of rotatable bonds is 9. The second-order valence-electron chi connectivity index (χ2n) is 7.84. The Morgan fingerprint density at radius 2 is 1.94 bits per heavy atom. The summed E-state index contributed by atoms with van der Waals surface area (Å²) in [6.07, 6.45) is 0.335. The smallest absolute Gasteiger partial charge is 0.308 e. The lowest BCUT2D eigenvalue weighted by molar-refractivity contribution is -0.140. The molecule has 5 atom stereocenters. The highest BCUT2D eigenvalue weighted by molar-refractivity contribution is 5.74. The van der Waals surface area contributed by atoms with Crippen LogP contribution in [0.15, 0.2) is 46.9 Å². The zero-order chi connectivity index (χ0) is 22.5. The molecule has 168 valence electrons. The lowest BCUT2D eigenvalue weighted by Crippen LogP contribution is -2.27. The molecule has 2 aromatic rings. The number of hydrogen-bond acceptors (Lipinski definition) is 8. The minimum atomic E-state index is -1.28. The van der Waals surface area contributed by atoms with Crippen molar-refractivity contribution >= 4 is 11.7 Å². The molecule has 1 aromatic heterocycles. The fraction of sp³-hybridized carbons (Fsp3) is 0.435. The van der Waals surface area contributed by atoms with Gasteiger partial charge >= 0.3 is 5.97 Å². The number of aliphatic hydroxyl groups is 4. The summed E-state index contributed by atoms with van der Waals surface area (Å²) >= 11 is 0. The van der Waals surface area contributed by atoms with Crippen molar-refractivity contribution in [1.82, 2.24) is 0 Å². The van der Waals surface area contributed by atoms with E-state index >= 15 is 0 Å². The maximum absolute atomic E-state index is 11.7. The number of aliphatic hydroxyl groups excluding tert-OH is 4. The van der Waals surface area contributed by atoms with Crippen LogP contribution in [0.3, 0.4) is 0 Å². The summed E-state index contributed by atoms with van der Waals surface area (Å²) in [7, 11) is 0. The Labute approximate surface area is 180 Å². The van der Waals surface area contributed by atoms with Crippen molar-refractivity contribution in [2.75, 3.05) is 11.9 Å². The van der Waals surface area contributed by atoms with Crippen molar-refractivity contribution in [3.05, 3.63) is 65.1 Å². The third-order valence-electron chi connectivity index (χ3n) is 5.14. The Morgan fingerprint density at radius 1 is 1.23 bits per heavy atom. The van der Waals surface area contributed by atoms with Crippen LogP contribution in [0, 0.1) is 6.92 Å². The number of nitrogens with one attached hydrogen (secondary N) is 1. The molecule has 0 amide bonds. The summed E-state index contributed by atoms with van der Waals surface area (Å²) in [6.45, 7) is 2.83. The number of anilines is 1. The Morgan fingerprint density at radius 3 is 2.58 bits per heavy atom.